The van der Waals surface area contributed by atoms with E-state index in [1.165, 1.54) is 17.0 Å². The topological polar surface area (TPSA) is 145 Å². The zero-order valence-electron chi connectivity index (χ0n) is 29.2. The molecule has 11 nitrogen and oxygen atoms in total. The van der Waals surface area contributed by atoms with Crippen LogP contribution in [0.1, 0.15) is 11.8 Å². The third-order valence-electron chi connectivity index (χ3n) is 9.39. The van der Waals surface area contributed by atoms with Gasteiger partial charge in [0.05, 0.1) is 33.2 Å². The summed E-state index contributed by atoms with van der Waals surface area (Å²) in [6.45, 7) is -0.595. The van der Waals surface area contributed by atoms with Gasteiger partial charge in [0, 0.05) is 6.20 Å². The summed E-state index contributed by atoms with van der Waals surface area (Å²) in [6.07, 6.45) is 0.0450. The summed E-state index contributed by atoms with van der Waals surface area (Å²) in [5.41, 5.74) is -1.77. The Morgan fingerprint density at radius 1 is 0.818 bits per heavy atom. The van der Waals surface area contributed by atoms with Gasteiger partial charge in [0.2, 0.25) is 0 Å². The molecule has 0 aromatic heterocycles. The quantitative estimate of drug-likeness (QED) is 0.0355. The van der Waals surface area contributed by atoms with Crippen LogP contribution >= 0.6 is 7.26 Å². The number of fused-ring (bicyclic) bond motifs is 1. The Bertz CT molecular complexity index is 2120. The predicted octanol–water partition coefficient (Wildman–Crippen LogP) is 1.25. The smallest absolute Gasteiger partial charge is 0.382 e. The molecule has 7 rings (SSSR count). The average molecular weight is 841 g/mol. The first-order chi connectivity index (χ1) is 26.2. The van der Waals surface area contributed by atoms with E-state index in [0.29, 0.717) is 17.5 Å². The zero-order valence-corrected chi connectivity index (χ0v) is 32.5. The van der Waals surface area contributed by atoms with Crippen LogP contribution in [-0.2, 0) is 29.9 Å². The molecule has 5 aromatic rings. The molecule has 0 spiro atoms. The number of ether oxygens (including phenoxy) is 2. The summed E-state index contributed by atoms with van der Waals surface area (Å²) in [6, 6.07) is 46.2. The number of nitro groups is 1. The minimum absolute atomic E-state index is 0. The van der Waals surface area contributed by atoms with Gasteiger partial charge in [-0.3, -0.25) is 28.8 Å². The highest BCUT2D eigenvalue weighted by atomic mass is 79.9. The maximum absolute atomic E-state index is 14.4. The fourth-order valence-corrected chi connectivity index (χ4v) is 13.2. The molecule has 14 heteroatoms. The molecule has 3 unspecified atom stereocenters. The van der Waals surface area contributed by atoms with E-state index in [1.807, 2.05) is 54.6 Å². The van der Waals surface area contributed by atoms with Crippen molar-refractivity contribution in [3.05, 3.63) is 179 Å². The molecule has 2 amide bonds. The first-order valence-electron chi connectivity index (χ1n) is 17.1. The predicted molar refractivity (Wildman–Crippen MR) is 207 cm³/mol. The van der Waals surface area contributed by atoms with Crippen LogP contribution < -0.4 is 42.9 Å². The number of carbonyl (C=O) groups is 3. The Kier molecular flexibility index (Phi) is 12.0. The largest absolute Gasteiger partial charge is 1.00 e. The number of hydrogen-bond acceptors (Lipinski definition) is 8. The van der Waals surface area contributed by atoms with E-state index in [-0.39, 0.29) is 28.3 Å². The molecule has 4 atom stereocenters. The lowest BCUT2D eigenvalue weighted by Crippen LogP contribution is -3.00. The molecule has 0 bridgehead atoms. The number of nitrogens with zero attached hydrogens (tertiary/aromatic N) is 2. The van der Waals surface area contributed by atoms with Crippen molar-refractivity contribution in [2.45, 2.75) is 17.1 Å². The van der Waals surface area contributed by atoms with Crippen molar-refractivity contribution in [3.8, 4) is 5.75 Å². The third-order valence-corrected chi connectivity index (χ3v) is 15.5. The summed E-state index contributed by atoms with van der Waals surface area (Å²) in [7, 11) is -4.43. The zero-order chi connectivity index (χ0) is 37.7. The molecule has 0 radical (unpaired) electrons. The summed E-state index contributed by atoms with van der Waals surface area (Å²) in [4.78, 5) is 54.5. The monoisotopic (exact) mass is 839 g/mol. The van der Waals surface area contributed by atoms with Crippen LogP contribution in [0.15, 0.2) is 163 Å². The van der Waals surface area contributed by atoms with Crippen molar-refractivity contribution in [2.75, 3.05) is 18.5 Å². The molecule has 0 aliphatic carbocycles. The normalized spacial score (nSPS) is 19.3. The number of carbonyl (C=O) groups excluding carboxylic acids is 3. The Balaban J connectivity index is 0.00000514. The number of amides is 2. The van der Waals surface area contributed by atoms with Crippen molar-refractivity contribution in [3.63, 3.8) is 0 Å². The second-order valence-electron chi connectivity index (χ2n) is 12.8. The Morgan fingerprint density at radius 3 is 1.78 bits per heavy atom. The fourth-order valence-electron chi connectivity index (χ4n) is 6.98. The van der Waals surface area contributed by atoms with E-state index >= 15 is 0 Å². The van der Waals surface area contributed by atoms with Gasteiger partial charge in [-0.05, 0) is 66.2 Å². The first kappa shape index (κ1) is 39.2. The van der Waals surface area contributed by atoms with Gasteiger partial charge < -0.3 is 31.8 Å². The van der Waals surface area contributed by atoms with Gasteiger partial charge in [-0.1, -0.05) is 91.0 Å². The van der Waals surface area contributed by atoms with Crippen LogP contribution in [0.4, 0.5) is 0 Å². The second-order valence-corrected chi connectivity index (χ2v) is 17.7. The number of esters is 1. The fraction of sp³-hybridized carbons (Fsp3) is 0.146. The third kappa shape index (κ3) is 7.60. The van der Waals surface area contributed by atoms with Crippen molar-refractivity contribution in [1.82, 2.24) is 10.2 Å². The van der Waals surface area contributed by atoms with E-state index in [9.17, 15) is 28.7 Å². The number of halogens is 1. The van der Waals surface area contributed by atoms with Gasteiger partial charge in [0.25, 0.3) is 17.4 Å². The standard InChI is InChI=1S/C41H34N3O8PS.BrH/c45-36(27-51-32-18-8-2-9-19-32)42-41(40(47)52-37(44(48)49)31-16-6-1-7-17-31)38(46)43-26-30(29-54(50)39(41)43)28-53(33-20-10-3-11-21-33,34-22-12-4-13-23-34)35-24-14-5-15-25-35;/h1-26,37,39H,27-29H2;1H/t37?,39-,41?,54?;/m0./s1. The summed E-state index contributed by atoms with van der Waals surface area (Å²) in [5, 5.41) is 16.5. The number of nitrogens with one attached hydrogen (secondary N) is 1. The van der Waals surface area contributed by atoms with Crippen LogP contribution in [0.3, 0.4) is 0 Å². The summed E-state index contributed by atoms with van der Waals surface area (Å²) in [5.74, 6) is -2.87. The van der Waals surface area contributed by atoms with E-state index < -0.39 is 64.5 Å². The highest BCUT2D eigenvalue weighted by Gasteiger charge is 2.71. The van der Waals surface area contributed by atoms with E-state index in [0.717, 1.165) is 15.9 Å². The van der Waals surface area contributed by atoms with Crippen LogP contribution in [0.5, 0.6) is 5.75 Å². The highest BCUT2D eigenvalue weighted by molar-refractivity contribution is 7.96. The molecular weight excluding hydrogens is 805 g/mol. The Morgan fingerprint density at radius 2 is 1.29 bits per heavy atom. The lowest BCUT2D eigenvalue weighted by molar-refractivity contribution is -0.576. The van der Waals surface area contributed by atoms with Crippen molar-refractivity contribution >= 4 is 51.8 Å². The lowest BCUT2D eigenvalue weighted by atomic mass is 9.87. The van der Waals surface area contributed by atoms with E-state index in [1.54, 1.807) is 54.7 Å². The van der Waals surface area contributed by atoms with Crippen LogP contribution in [0.25, 0.3) is 0 Å². The van der Waals surface area contributed by atoms with Crippen molar-refractivity contribution in [2.24, 2.45) is 0 Å². The van der Waals surface area contributed by atoms with Gasteiger partial charge in [0.15, 0.2) is 12.0 Å². The average Bonchev–Trinajstić information content (AvgIpc) is 3.21. The van der Waals surface area contributed by atoms with Gasteiger partial charge in [-0.15, -0.1) is 0 Å². The molecular formula is C41H35BrN3O8PS. The van der Waals surface area contributed by atoms with Gasteiger partial charge >= 0.3 is 12.2 Å². The van der Waals surface area contributed by atoms with Crippen LogP contribution in [0.2, 0.25) is 0 Å². The molecule has 1 saturated heterocycles. The van der Waals surface area contributed by atoms with Gasteiger partial charge in [0.1, 0.15) is 28.9 Å². The minimum atomic E-state index is -2.52. The van der Waals surface area contributed by atoms with Gasteiger partial charge in [-0.25, -0.2) is 4.79 Å². The molecule has 1 N–H and O–H groups in total. The SMILES string of the molecule is O=C(COc1ccccc1)NC1(C(=O)OC(c2ccccc2)[N+](=O)[O-])C(=O)N2C=C(C[P+](c3ccccc3)(c3ccccc3)c3ccccc3)CS(=O)[C@H]21.[Br-]. The second kappa shape index (κ2) is 16.9. The number of hydrogen-bond donors (Lipinski definition) is 1. The molecule has 2 heterocycles. The van der Waals surface area contributed by atoms with Crippen molar-refractivity contribution in [1.29, 1.82) is 0 Å². The molecule has 1 fully saturated rings. The van der Waals surface area contributed by atoms with Crippen LogP contribution in [0, 0.1) is 10.1 Å². The number of β-lactam (4-membered cyclic amide) rings is 1. The Labute approximate surface area is 331 Å². The maximum Gasteiger partial charge on any atom is 0.382 e. The molecule has 2 aliphatic rings. The van der Waals surface area contributed by atoms with Gasteiger partial charge in [-0.2, -0.15) is 0 Å². The highest BCUT2D eigenvalue weighted by Crippen LogP contribution is 2.57. The Hall–Kier alpha value is -5.49. The molecule has 2 aliphatic heterocycles. The minimum Gasteiger partial charge on any atom is -1.00 e. The van der Waals surface area contributed by atoms with E-state index in [4.69, 9.17) is 9.47 Å². The number of benzene rings is 5. The van der Waals surface area contributed by atoms with Crippen molar-refractivity contribution < 1.29 is 50.0 Å². The number of para-hydroxylation sites is 1. The molecule has 280 valence electrons. The summed E-state index contributed by atoms with van der Waals surface area (Å²) >= 11 is 0. The van der Waals surface area contributed by atoms with Crippen LogP contribution in [-0.4, -0.2) is 61.3 Å². The lowest BCUT2D eigenvalue weighted by Gasteiger charge is -2.53. The first-order valence-corrected chi connectivity index (χ1v) is 20.4. The molecule has 0 saturated carbocycles. The summed E-state index contributed by atoms with van der Waals surface area (Å²) < 4.78 is 25.4. The maximum atomic E-state index is 14.4. The molecule has 55 heavy (non-hydrogen) atoms. The number of rotatable bonds is 13. The van der Waals surface area contributed by atoms with E-state index in [2.05, 4.69) is 41.7 Å². The molecule has 5 aromatic carbocycles.